The molecular weight excluding hydrogens is 330 g/mol. The number of piperazine rings is 1. The highest BCUT2D eigenvalue weighted by Gasteiger charge is 2.58. The van der Waals surface area contributed by atoms with Gasteiger partial charge in [-0.05, 0) is 13.8 Å². The third-order valence-electron chi connectivity index (χ3n) is 4.05. The van der Waals surface area contributed by atoms with Gasteiger partial charge in [0.15, 0.2) is 0 Å². The number of hydrogen-bond acceptors (Lipinski definition) is 7. The minimum atomic E-state index is -4.78. The molecule has 132 valence electrons. The lowest BCUT2D eigenvalue weighted by Gasteiger charge is -2.47. The van der Waals surface area contributed by atoms with Crippen LogP contribution in [0.1, 0.15) is 13.8 Å². The highest BCUT2D eigenvalue weighted by Crippen LogP contribution is 2.35. The minimum absolute atomic E-state index is 0.250. The molecular formula is C12H21N3O7S. The molecule has 0 aromatic rings. The lowest BCUT2D eigenvalue weighted by Crippen LogP contribution is -2.69. The molecule has 2 rings (SSSR count). The summed E-state index contributed by atoms with van der Waals surface area (Å²) in [6, 6.07) is -1.13. The molecule has 0 aromatic heterocycles. The Morgan fingerprint density at radius 1 is 1.35 bits per heavy atom. The van der Waals surface area contributed by atoms with Gasteiger partial charge in [0.2, 0.25) is 5.91 Å². The molecule has 0 saturated carbocycles. The molecule has 0 unspecified atom stereocenters. The Bertz CT molecular complexity index is 573. The van der Waals surface area contributed by atoms with Gasteiger partial charge in [0, 0.05) is 26.2 Å². The molecule has 0 spiro atoms. The third kappa shape index (κ3) is 3.57. The predicted molar refractivity (Wildman–Crippen MR) is 77.7 cm³/mol. The van der Waals surface area contributed by atoms with Crippen LogP contribution in [0.4, 0.5) is 4.79 Å². The van der Waals surface area contributed by atoms with Crippen LogP contribution in [-0.2, 0) is 19.8 Å². The maximum Gasteiger partial charge on any atom is 0.410 e. The van der Waals surface area contributed by atoms with E-state index >= 15 is 0 Å². The van der Waals surface area contributed by atoms with Gasteiger partial charge in [0.1, 0.15) is 12.1 Å². The Morgan fingerprint density at radius 3 is 2.39 bits per heavy atom. The van der Waals surface area contributed by atoms with E-state index in [0.717, 1.165) is 0 Å². The molecule has 23 heavy (non-hydrogen) atoms. The van der Waals surface area contributed by atoms with Gasteiger partial charge < -0.3 is 20.1 Å². The summed E-state index contributed by atoms with van der Waals surface area (Å²) in [5.74, 6) is -1.97. The highest BCUT2D eigenvalue weighted by molar-refractivity contribution is 7.84. The Labute approximate surface area is 134 Å². The van der Waals surface area contributed by atoms with Crippen LogP contribution in [0.5, 0.6) is 0 Å². The average molecular weight is 351 g/mol. The van der Waals surface area contributed by atoms with Gasteiger partial charge >= 0.3 is 16.4 Å². The third-order valence-corrected chi connectivity index (χ3v) is 4.97. The molecule has 11 heteroatoms. The van der Waals surface area contributed by atoms with Crippen molar-refractivity contribution in [2.75, 3.05) is 26.2 Å². The summed E-state index contributed by atoms with van der Waals surface area (Å²) in [6.45, 7) is 4.91. The van der Waals surface area contributed by atoms with Crippen molar-refractivity contribution < 1.29 is 32.4 Å². The summed E-state index contributed by atoms with van der Waals surface area (Å²) in [5, 5.41) is 12.7. The Balaban J connectivity index is 2.09. The minimum Gasteiger partial charge on any atom is -0.444 e. The molecule has 0 aliphatic carbocycles. The van der Waals surface area contributed by atoms with E-state index in [1.165, 1.54) is 18.7 Å². The Hall–Kier alpha value is -1.43. The molecule has 2 aliphatic rings. The first-order valence-corrected chi connectivity index (χ1v) is 8.69. The SMILES string of the molecule is C[C@H](OC(=O)N1CCNCC1)[C@@H]1[C@@H]([C@@H](C)O)C(=O)N1S(=O)(=O)O. The van der Waals surface area contributed by atoms with Crippen molar-refractivity contribution in [3.05, 3.63) is 0 Å². The normalized spacial score (nSPS) is 28.1. The van der Waals surface area contributed by atoms with Gasteiger partial charge in [-0.15, -0.1) is 0 Å². The maximum absolute atomic E-state index is 12.1. The van der Waals surface area contributed by atoms with Crippen LogP contribution in [0.25, 0.3) is 0 Å². The van der Waals surface area contributed by atoms with Gasteiger partial charge in [0.25, 0.3) is 0 Å². The predicted octanol–water partition coefficient (Wildman–Crippen LogP) is -1.57. The van der Waals surface area contributed by atoms with Crippen molar-refractivity contribution in [2.45, 2.75) is 32.1 Å². The number of nitrogens with zero attached hydrogens (tertiary/aromatic N) is 2. The Morgan fingerprint density at radius 2 is 1.91 bits per heavy atom. The molecule has 2 saturated heterocycles. The molecule has 2 heterocycles. The summed E-state index contributed by atoms with van der Waals surface area (Å²) >= 11 is 0. The monoisotopic (exact) mass is 351 g/mol. The second-order valence-electron chi connectivity index (χ2n) is 5.69. The van der Waals surface area contributed by atoms with Crippen LogP contribution < -0.4 is 5.32 Å². The van der Waals surface area contributed by atoms with Crippen molar-refractivity contribution in [2.24, 2.45) is 5.92 Å². The average Bonchev–Trinajstić information content (AvgIpc) is 2.43. The summed E-state index contributed by atoms with van der Waals surface area (Å²) in [5.41, 5.74) is 0. The molecule has 4 atom stereocenters. The van der Waals surface area contributed by atoms with E-state index in [1.54, 1.807) is 0 Å². The summed E-state index contributed by atoms with van der Waals surface area (Å²) in [6.07, 6.45) is -2.76. The van der Waals surface area contributed by atoms with E-state index in [-0.39, 0.29) is 4.31 Å². The van der Waals surface area contributed by atoms with Gasteiger partial charge in [-0.2, -0.15) is 8.42 Å². The standard InChI is InChI=1S/C12H21N3O7S/c1-7(16)9-10(15(11(9)17)23(19,20)21)8(2)22-12(18)14-5-3-13-4-6-14/h7-10,13,16H,3-6H2,1-2H3,(H,19,20,21)/t7-,8+,9-,10-/m1/s1. The molecule has 0 radical (unpaired) electrons. The first-order valence-electron chi connectivity index (χ1n) is 7.29. The molecule has 2 aliphatic heterocycles. The number of aliphatic hydroxyl groups is 1. The van der Waals surface area contributed by atoms with Crippen molar-refractivity contribution in [1.82, 2.24) is 14.5 Å². The van der Waals surface area contributed by atoms with E-state index in [4.69, 9.17) is 9.29 Å². The van der Waals surface area contributed by atoms with Crippen LogP contribution >= 0.6 is 0 Å². The number of aliphatic hydroxyl groups excluding tert-OH is 1. The number of hydrogen-bond donors (Lipinski definition) is 3. The number of β-lactam (4-membered cyclic amide) rings is 1. The number of carbonyl (C=O) groups excluding carboxylic acids is 2. The quantitative estimate of drug-likeness (QED) is 0.408. The van der Waals surface area contributed by atoms with Crippen molar-refractivity contribution >= 4 is 22.3 Å². The number of rotatable bonds is 4. The van der Waals surface area contributed by atoms with Crippen LogP contribution in [0.15, 0.2) is 0 Å². The summed E-state index contributed by atoms with van der Waals surface area (Å²) < 4.78 is 37.3. The highest BCUT2D eigenvalue weighted by atomic mass is 32.2. The van der Waals surface area contributed by atoms with E-state index in [9.17, 15) is 23.1 Å². The maximum atomic E-state index is 12.1. The van der Waals surface area contributed by atoms with Crippen LogP contribution in [0, 0.1) is 5.92 Å². The van der Waals surface area contributed by atoms with Crippen LogP contribution in [0.2, 0.25) is 0 Å². The van der Waals surface area contributed by atoms with Crippen LogP contribution in [-0.4, -0.2) is 83.7 Å². The van der Waals surface area contributed by atoms with E-state index in [2.05, 4.69) is 5.32 Å². The number of amides is 2. The molecule has 3 N–H and O–H groups in total. The van der Waals surface area contributed by atoms with Gasteiger partial charge in [-0.25, -0.2) is 9.10 Å². The molecule has 0 aromatic carbocycles. The zero-order valence-electron chi connectivity index (χ0n) is 12.9. The zero-order chi connectivity index (χ0) is 17.4. The smallest absolute Gasteiger partial charge is 0.410 e. The number of nitrogens with one attached hydrogen (secondary N) is 1. The first kappa shape index (κ1) is 17.9. The first-order chi connectivity index (χ1) is 10.6. The van der Waals surface area contributed by atoms with Crippen molar-refractivity contribution in [3.8, 4) is 0 Å². The van der Waals surface area contributed by atoms with Crippen LogP contribution in [0.3, 0.4) is 0 Å². The topological polar surface area (TPSA) is 136 Å². The number of carbonyl (C=O) groups is 2. The second-order valence-corrected chi connectivity index (χ2v) is 6.98. The fraction of sp³-hybridized carbons (Fsp3) is 0.833. The van der Waals surface area contributed by atoms with E-state index in [0.29, 0.717) is 26.2 Å². The lowest BCUT2D eigenvalue weighted by atomic mass is 9.83. The van der Waals surface area contributed by atoms with E-state index in [1.807, 2.05) is 0 Å². The van der Waals surface area contributed by atoms with Gasteiger partial charge in [-0.1, -0.05) is 0 Å². The fourth-order valence-corrected chi connectivity index (χ4v) is 3.86. The van der Waals surface area contributed by atoms with Crippen molar-refractivity contribution in [3.63, 3.8) is 0 Å². The molecule has 10 nitrogen and oxygen atoms in total. The van der Waals surface area contributed by atoms with E-state index < -0.39 is 46.5 Å². The number of ether oxygens (including phenoxy) is 1. The van der Waals surface area contributed by atoms with Gasteiger partial charge in [-0.3, -0.25) is 9.35 Å². The lowest BCUT2D eigenvalue weighted by molar-refractivity contribution is -0.161. The molecule has 2 fully saturated rings. The van der Waals surface area contributed by atoms with Gasteiger partial charge in [0.05, 0.1) is 12.0 Å². The second kappa shape index (κ2) is 6.59. The summed E-state index contributed by atoms with van der Waals surface area (Å²) in [7, 11) is -4.78. The summed E-state index contributed by atoms with van der Waals surface area (Å²) in [4.78, 5) is 25.3. The molecule has 0 bridgehead atoms. The van der Waals surface area contributed by atoms with Crippen molar-refractivity contribution in [1.29, 1.82) is 0 Å². The largest absolute Gasteiger partial charge is 0.444 e. The Kier molecular flexibility index (Phi) is 5.14. The fourth-order valence-electron chi connectivity index (χ4n) is 2.90. The zero-order valence-corrected chi connectivity index (χ0v) is 13.7. The molecule has 2 amide bonds.